The highest BCUT2D eigenvalue weighted by atomic mass is 16.6. The Labute approximate surface area is 153 Å². The number of amides is 4. The Morgan fingerprint density at radius 2 is 1.93 bits per heavy atom. The molecule has 0 spiro atoms. The lowest BCUT2D eigenvalue weighted by molar-refractivity contribution is -0.385. The monoisotopic (exact) mass is 368 g/mol. The zero-order valence-electron chi connectivity index (χ0n) is 14.5. The molecule has 3 rings (SSSR count). The minimum Gasteiger partial charge on any atom is -0.322 e. The molecule has 2 aromatic carbocycles. The number of anilines is 1. The number of hydrogen-bond acceptors (Lipinski definition) is 5. The molecule has 0 bridgehead atoms. The molecular weight excluding hydrogens is 352 g/mol. The lowest BCUT2D eigenvalue weighted by Gasteiger charge is -2.21. The zero-order chi connectivity index (χ0) is 19.8. The normalized spacial score (nSPS) is 18.6. The fourth-order valence-electron chi connectivity index (χ4n) is 2.81. The van der Waals surface area contributed by atoms with Crippen molar-refractivity contribution in [3.63, 3.8) is 0 Å². The standard InChI is InChI=1S/C18H16N4O5/c1-10-6-7-11(8-14(10)22(26)27)15(23)19-13-5-3-4-12(9-13)18(2)16(24)20-17(25)21-18/h3-9H,1-2H3,(H,19,23)(H2,20,21,24,25). The topological polar surface area (TPSA) is 130 Å². The van der Waals surface area contributed by atoms with Crippen molar-refractivity contribution in [3.8, 4) is 0 Å². The molecule has 4 amide bonds. The summed E-state index contributed by atoms with van der Waals surface area (Å²) in [5, 5.41) is 18.4. The van der Waals surface area contributed by atoms with Gasteiger partial charge in [-0.2, -0.15) is 0 Å². The van der Waals surface area contributed by atoms with Crippen molar-refractivity contribution >= 4 is 29.2 Å². The SMILES string of the molecule is Cc1ccc(C(=O)Nc2cccc(C3(C)NC(=O)NC3=O)c2)cc1[N+](=O)[O-]. The highest BCUT2D eigenvalue weighted by molar-refractivity contribution is 6.08. The average molecular weight is 368 g/mol. The number of carbonyl (C=O) groups is 3. The molecule has 0 radical (unpaired) electrons. The van der Waals surface area contributed by atoms with E-state index in [0.29, 0.717) is 16.8 Å². The Balaban J connectivity index is 1.86. The van der Waals surface area contributed by atoms with E-state index in [1.807, 2.05) is 0 Å². The number of carbonyl (C=O) groups excluding carboxylic acids is 3. The summed E-state index contributed by atoms with van der Waals surface area (Å²) < 4.78 is 0. The highest BCUT2D eigenvalue weighted by Gasteiger charge is 2.43. The van der Waals surface area contributed by atoms with Crippen LogP contribution in [0, 0.1) is 17.0 Å². The van der Waals surface area contributed by atoms with Gasteiger partial charge in [-0.3, -0.25) is 25.0 Å². The number of rotatable bonds is 4. The summed E-state index contributed by atoms with van der Waals surface area (Å²) in [6, 6.07) is 10.1. The van der Waals surface area contributed by atoms with E-state index >= 15 is 0 Å². The van der Waals surface area contributed by atoms with Gasteiger partial charge in [-0.05, 0) is 37.6 Å². The van der Waals surface area contributed by atoms with Gasteiger partial charge in [0.25, 0.3) is 17.5 Å². The fraction of sp³-hybridized carbons (Fsp3) is 0.167. The van der Waals surface area contributed by atoms with E-state index in [2.05, 4.69) is 16.0 Å². The predicted octanol–water partition coefficient (Wildman–Crippen LogP) is 2.21. The molecule has 0 saturated carbocycles. The molecule has 27 heavy (non-hydrogen) atoms. The first-order valence-electron chi connectivity index (χ1n) is 8.01. The van der Waals surface area contributed by atoms with Gasteiger partial charge >= 0.3 is 6.03 Å². The predicted molar refractivity (Wildman–Crippen MR) is 96.3 cm³/mol. The number of benzene rings is 2. The molecule has 138 valence electrons. The van der Waals surface area contributed by atoms with E-state index in [0.717, 1.165) is 0 Å². The molecule has 3 N–H and O–H groups in total. The number of nitrogens with one attached hydrogen (secondary N) is 3. The summed E-state index contributed by atoms with van der Waals surface area (Å²) in [6.45, 7) is 3.14. The van der Waals surface area contributed by atoms with Gasteiger partial charge in [0.05, 0.1) is 4.92 Å². The molecule has 2 aromatic rings. The quantitative estimate of drug-likeness (QED) is 0.433. The molecule has 1 unspecified atom stereocenters. The molecule has 1 atom stereocenters. The largest absolute Gasteiger partial charge is 0.322 e. The van der Waals surface area contributed by atoms with Crippen LogP contribution in [0.25, 0.3) is 0 Å². The summed E-state index contributed by atoms with van der Waals surface area (Å²) in [7, 11) is 0. The molecule has 1 heterocycles. The third-order valence-corrected chi connectivity index (χ3v) is 4.41. The van der Waals surface area contributed by atoms with E-state index in [1.54, 1.807) is 38.1 Å². The van der Waals surface area contributed by atoms with Gasteiger partial charge in [-0.25, -0.2) is 4.79 Å². The van der Waals surface area contributed by atoms with E-state index in [4.69, 9.17) is 0 Å². The number of hydrogen-bond donors (Lipinski definition) is 3. The summed E-state index contributed by atoms with van der Waals surface area (Å²) in [4.78, 5) is 46.4. The highest BCUT2D eigenvalue weighted by Crippen LogP contribution is 2.27. The van der Waals surface area contributed by atoms with Crippen LogP contribution in [0.4, 0.5) is 16.2 Å². The number of urea groups is 1. The maximum absolute atomic E-state index is 12.4. The number of imide groups is 1. The number of nitro benzene ring substituents is 1. The van der Waals surface area contributed by atoms with Gasteiger partial charge in [0.1, 0.15) is 5.54 Å². The van der Waals surface area contributed by atoms with Crippen molar-refractivity contribution in [1.29, 1.82) is 0 Å². The van der Waals surface area contributed by atoms with Crippen LogP contribution in [-0.4, -0.2) is 22.8 Å². The average Bonchev–Trinajstić information content (AvgIpc) is 2.88. The Morgan fingerprint density at radius 1 is 1.19 bits per heavy atom. The van der Waals surface area contributed by atoms with E-state index < -0.39 is 28.3 Å². The molecular formula is C18H16N4O5. The summed E-state index contributed by atoms with van der Waals surface area (Å²) in [5.41, 5.74) is 0.0643. The van der Waals surface area contributed by atoms with Crippen molar-refractivity contribution in [2.24, 2.45) is 0 Å². The lowest BCUT2D eigenvalue weighted by atomic mass is 9.92. The maximum atomic E-state index is 12.4. The molecule has 9 heteroatoms. The molecule has 1 aliphatic rings. The first-order chi connectivity index (χ1) is 12.7. The third-order valence-electron chi connectivity index (χ3n) is 4.41. The maximum Gasteiger partial charge on any atom is 0.322 e. The van der Waals surface area contributed by atoms with E-state index in [-0.39, 0.29) is 11.3 Å². The number of aryl methyl sites for hydroxylation is 1. The molecule has 0 aliphatic carbocycles. The van der Waals surface area contributed by atoms with Gasteiger partial charge < -0.3 is 10.6 Å². The number of nitro groups is 1. The van der Waals surface area contributed by atoms with Crippen LogP contribution < -0.4 is 16.0 Å². The van der Waals surface area contributed by atoms with Crippen LogP contribution in [0.15, 0.2) is 42.5 Å². The second kappa shape index (κ2) is 6.52. The fourth-order valence-corrected chi connectivity index (χ4v) is 2.81. The van der Waals surface area contributed by atoms with Gasteiger partial charge in [-0.1, -0.05) is 18.2 Å². The van der Waals surface area contributed by atoms with Crippen LogP contribution in [0.3, 0.4) is 0 Å². The van der Waals surface area contributed by atoms with Gasteiger partial charge in [0.2, 0.25) is 0 Å². The second-order valence-corrected chi connectivity index (χ2v) is 6.33. The molecule has 1 fully saturated rings. The molecule has 0 aromatic heterocycles. The van der Waals surface area contributed by atoms with Gasteiger partial charge in [-0.15, -0.1) is 0 Å². The Hall–Kier alpha value is -3.75. The van der Waals surface area contributed by atoms with Gasteiger partial charge in [0, 0.05) is 22.9 Å². The smallest absolute Gasteiger partial charge is 0.322 e. The summed E-state index contributed by atoms with van der Waals surface area (Å²) in [6.07, 6.45) is 0. The summed E-state index contributed by atoms with van der Waals surface area (Å²) >= 11 is 0. The Bertz CT molecular complexity index is 987. The number of nitrogens with zero attached hydrogens (tertiary/aromatic N) is 1. The van der Waals surface area contributed by atoms with Crippen molar-refractivity contribution in [2.75, 3.05) is 5.32 Å². The van der Waals surface area contributed by atoms with Crippen LogP contribution >= 0.6 is 0 Å². The molecule has 1 saturated heterocycles. The molecule has 9 nitrogen and oxygen atoms in total. The Kier molecular flexibility index (Phi) is 4.36. The third kappa shape index (κ3) is 3.34. The van der Waals surface area contributed by atoms with Gasteiger partial charge in [0.15, 0.2) is 0 Å². The van der Waals surface area contributed by atoms with Crippen molar-refractivity contribution in [3.05, 3.63) is 69.3 Å². The van der Waals surface area contributed by atoms with Crippen molar-refractivity contribution in [1.82, 2.24) is 10.6 Å². The molecule has 1 aliphatic heterocycles. The first kappa shape index (κ1) is 18.1. The zero-order valence-corrected chi connectivity index (χ0v) is 14.5. The van der Waals surface area contributed by atoms with Crippen LogP contribution in [0.5, 0.6) is 0 Å². The van der Waals surface area contributed by atoms with Crippen LogP contribution in [0.2, 0.25) is 0 Å². The first-order valence-corrected chi connectivity index (χ1v) is 8.01. The summed E-state index contributed by atoms with van der Waals surface area (Å²) in [5.74, 6) is -1.02. The minimum atomic E-state index is -1.25. The minimum absolute atomic E-state index is 0.135. The van der Waals surface area contributed by atoms with Crippen molar-refractivity contribution in [2.45, 2.75) is 19.4 Å². The van der Waals surface area contributed by atoms with Crippen molar-refractivity contribution < 1.29 is 19.3 Å². The lowest BCUT2D eigenvalue weighted by Crippen LogP contribution is -2.40. The second-order valence-electron chi connectivity index (χ2n) is 6.33. The Morgan fingerprint density at radius 3 is 2.56 bits per heavy atom. The van der Waals surface area contributed by atoms with Crippen LogP contribution in [0.1, 0.15) is 28.4 Å². The van der Waals surface area contributed by atoms with E-state index in [9.17, 15) is 24.5 Å². The van der Waals surface area contributed by atoms with E-state index in [1.165, 1.54) is 18.2 Å². The van der Waals surface area contributed by atoms with Crippen LogP contribution in [-0.2, 0) is 10.3 Å².